The Bertz CT molecular complexity index is 875. The third-order valence-corrected chi connectivity index (χ3v) is 11.0. The van der Waals surface area contributed by atoms with Crippen molar-refractivity contribution in [3.8, 4) is 0 Å². The zero-order valence-corrected chi connectivity index (χ0v) is 34.6. The smallest absolute Gasteiger partial charge is 0.249 e. The molecular formula is C44H85NO9. The molecule has 0 aliphatic carbocycles. The molecule has 7 N–H and O–H groups in total. The van der Waals surface area contributed by atoms with Crippen molar-refractivity contribution in [2.75, 3.05) is 13.2 Å². The van der Waals surface area contributed by atoms with Crippen molar-refractivity contribution >= 4 is 5.91 Å². The lowest BCUT2D eigenvalue weighted by Gasteiger charge is -2.40. The highest BCUT2D eigenvalue weighted by Gasteiger charge is 2.44. The average Bonchev–Trinajstić information content (AvgIpc) is 3.17. The summed E-state index contributed by atoms with van der Waals surface area (Å²) in [6.45, 7) is 3.57. The van der Waals surface area contributed by atoms with E-state index in [1.54, 1.807) is 6.08 Å². The van der Waals surface area contributed by atoms with Gasteiger partial charge < -0.3 is 45.4 Å². The minimum Gasteiger partial charge on any atom is -0.394 e. The second kappa shape index (κ2) is 35.1. The maximum Gasteiger partial charge on any atom is 0.249 e. The molecular weight excluding hydrogens is 686 g/mol. The fraction of sp³-hybridized carbons (Fsp3) is 0.932. The molecule has 1 rings (SSSR count). The number of aliphatic hydroxyl groups excluding tert-OH is 6. The number of rotatable bonds is 37. The SMILES string of the molecule is CCCCCCCCC/C=C/[C@@H](O)[C@H](CO[C@@H]1O[C@H](CO)[C@@H](O)C(O)C1O)NC(=O)C(O)CCCCCCCCCCCCCCCCCCCCCC. The molecule has 320 valence electrons. The molecule has 0 aromatic carbocycles. The van der Waals surface area contributed by atoms with Gasteiger partial charge in [-0.3, -0.25) is 4.79 Å². The first-order chi connectivity index (χ1) is 26.3. The Morgan fingerprint density at radius 1 is 0.630 bits per heavy atom. The van der Waals surface area contributed by atoms with Crippen molar-refractivity contribution in [3.05, 3.63) is 12.2 Å². The molecule has 0 bridgehead atoms. The largest absolute Gasteiger partial charge is 0.394 e. The Kier molecular flexibility index (Phi) is 33.1. The van der Waals surface area contributed by atoms with Crippen LogP contribution < -0.4 is 5.32 Å². The highest BCUT2D eigenvalue weighted by Crippen LogP contribution is 2.23. The standard InChI is InChI=1S/C44H85NO9/c1-3-5-7-9-11-13-14-15-16-17-18-19-20-21-22-23-25-27-29-31-33-38(48)43(52)45-36(37(47)32-30-28-26-24-12-10-8-6-4-2)35-53-44-42(51)41(50)40(49)39(34-46)54-44/h30,32,36-42,44,46-51H,3-29,31,33-35H2,1-2H3,(H,45,52)/b32-30+/t36-,37+,38?,39+,40+,41?,42?,44+/m0/s1. The van der Waals surface area contributed by atoms with Gasteiger partial charge in [-0.05, 0) is 19.3 Å². The van der Waals surface area contributed by atoms with Gasteiger partial charge in [0.15, 0.2) is 6.29 Å². The summed E-state index contributed by atoms with van der Waals surface area (Å²) < 4.78 is 11.1. The summed E-state index contributed by atoms with van der Waals surface area (Å²) in [7, 11) is 0. The van der Waals surface area contributed by atoms with E-state index in [1.807, 2.05) is 6.08 Å². The molecule has 10 heteroatoms. The molecule has 1 amide bonds. The second-order valence-electron chi connectivity index (χ2n) is 16.0. The van der Waals surface area contributed by atoms with Gasteiger partial charge >= 0.3 is 0 Å². The van der Waals surface area contributed by atoms with Crippen LogP contribution in [0.5, 0.6) is 0 Å². The maximum absolute atomic E-state index is 13.0. The second-order valence-corrected chi connectivity index (χ2v) is 16.0. The Labute approximate surface area is 329 Å². The molecule has 0 saturated carbocycles. The number of carbonyl (C=O) groups is 1. The molecule has 0 aromatic heterocycles. The zero-order valence-electron chi connectivity index (χ0n) is 34.6. The van der Waals surface area contributed by atoms with Crippen molar-refractivity contribution < 1.29 is 44.9 Å². The highest BCUT2D eigenvalue weighted by atomic mass is 16.7. The highest BCUT2D eigenvalue weighted by molar-refractivity contribution is 5.80. The first-order valence-corrected chi connectivity index (χ1v) is 22.5. The Morgan fingerprint density at radius 2 is 1.06 bits per heavy atom. The average molecular weight is 772 g/mol. The maximum atomic E-state index is 13.0. The summed E-state index contributed by atoms with van der Waals surface area (Å²) in [6, 6.07) is -0.972. The number of unbranched alkanes of at least 4 members (excludes halogenated alkanes) is 26. The summed E-state index contributed by atoms with van der Waals surface area (Å²) >= 11 is 0. The van der Waals surface area contributed by atoms with Gasteiger partial charge in [-0.1, -0.05) is 193 Å². The van der Waals surface area contributed by atoms with Crippen molar-refractivity contribution in [2.24, 2.45) is 0 Å². The van der Waals surface area contributed by atoms with E-state index in [4.69, 9.17) is 9.47 Å². The number of hydrogen-bond acceptors (Lipinski definition) is 9. The topological polar surface area (TPSA) is 169 Å². The van der Waals surface area contributed by atoms with Crippen LogP contribution in [0, 0.1) is 0 Å². The van der Waals surface area contributed by atoms with Crippen LogP contribution in [-0.4, -0.2) is 98.7 Å². The van der Waals surface area contributed by atoms with Gasteiger partial charge in [-0.2, -0.15) is 0 Å². The number of carbonyl (C=O) groups excluding carboxylic acids is 1. The van der Waals surface area contributed by atoms with Crippen molar-refractivity contribution in [1.29, 1.82) is 0 Å². The number of ether oxygens (including phenoxy) is 2. The predicted molar refractivity (Wildman–Crippen MR) is 218 cm³/mol. The molecule has 0 radical (unpaired) electrons. The summed E-state index contributed by atoms with van der Waals surface area (Å²) in [4.78, 5) is 13.0. The molecule has 1 fully saturated rings. The molecule has 3 unspecified atom stereocenters. The van der Waals surface area contributed by atoms with Crippen LogP contribution in [0.2, 0.25) is 0 Å². The number of nitrogens with one attached hydrogen (secondary N) is 1. The van der Waals surface area contributed by atoms with Gasteiger partial charge in [0.05, 0.1) is 25.4 Å². The molecule has 10 nitrogen and oxygen atoms in total. The fourth-order valence-electron chi connectivity index (χ4n) is 7.22. The van der Waals surface area contributed by atoms with Crippen LogP contribution in [-0.2, 0) is 14.3 Å². The summed E-state index contributed by atoms with van der Waals surface area (Å²) in [5.41, 5.74) is 0. The normalized spacial score (nSPS) is 22.1. The number of allylic oxidation sites excluding steroid dienone is 1. The van der Waals surface area contributed by atoms with E-state index >= 15 is 0 Å². The van der Waals surface area contributed by atoms with Crippen LogP contribution in [0.15, 0.2) is 12.2 Å². The minimum atomic E-state index is -1.60. The molecule has 1 aliphatic rings. The molecule has 0 aromatic rings. The number of amides is 1. The van der Waals surface area contributed by atoms with Crippen LogP contribution in [0.25, 0.3) is 0 Å². The summed E-state index contributed by atoms with van der Waals surface area (Å²) in [5.74, 6) is -0.616. The van der Waals surface area contributed by atoms with Crippen molar-refractivity contribution in [1.82, 2.24) is 5.32 Å². The van der Waals surface area contributed by atoms with Crippen LogP contribution >= 0.6 is 0 Å². The lowest BCUT2D eigenvalue weighted by atomic mass is 9.99. The van der Waals surface area contributed by atoms with Gasteiger partial charge in [-0.25, -0.2) is 0 Å². The van der Waals surface area contributed by atoms with Crippen LogP contribution in [0.4, 0.5) is 0 Å². The number of hydrogen-bond donors (Lipinski definition) is 7. The van der Waals surface area contributed by atoms with E-state index in [-0.39, 0.29) is 6.61 Å². The number of aliphatic hydroxyl groups is 6. The summed E-state index contributed by atoms with van der Waals surface area (Å²) in [6.07, 6.45) is 28.9. The Morgan fingerprint density at radius 3 is 1.50 bits per heavy atom. The van der Waals surface area contributed by atoms with E-state index in [2.05, 4.69) is 19.2 Å². The fourth-order valence-corrected chi connectivity index (χ4v) is 7.22. The van der Waals surface area contributed by atoms with Gasteiger partial charge in [0.25, 0.3) is 0 Å². The van der Waals surface area contributed by atoms with E-state index in [9.17, 15) is 35.4 Å². The molecule has 8 atom stereocenters. The molecule has 0 spiro atoms. The lowest BCUT2D eigenvalue weighted by molar-refractivity contribution is -0.302. The van der Waals surface area contributed by atoms with E-state index in [1.165, 1.54) is 135 Å². The first kappa shape index (κ1) is 50.9. The molecule has 1 aliphatic heterocycles. The van der Waals surface area contributed by atoms with Crippen LogP contribution in [0.3, 0.4) is 0 Å². The monoisotopic (exact) mass is 772 g/mol. The van der Waals surface area contributed by atoms with E-state index < -0.39 is 61.5 Å². The van der Waals surface area contributed by atoms with Gasteiger partial charge in [0.2, 0.25) is 5.91 Å². The molecule has 1 heterocycles. The Hall–Kier alpha value is -1.11. The first-order valence-electron chi connectivity index (χ1n) is 22.5. The van der Waals surface area contributed by atoms with E-state index in [0.717, 1.165) is 44.9 Å². The van der Waals surface area contributed by atoms with Gasteiger partial charge in [0.1, 0.15) is 30.5 Å². The van der Waals surface area contributed by atoms with Gasteiger partial charge in [0, 0.05) is 0 Å². The van der Waals surface area contributed by atoms with E-state index in [0.29, 0.717) is 6.42 Å². The quantitative estimate of drug-likeness (QED) is 0.0245. The van der Waals surface area contributed by atoms with Crippen molar-refractivity contribution in [3.63, 3.8) is 0 Å². The zero-order chi connectivity index (χ0) is 39.7. The third kappa shape index (κ3) is 25.2. The van der Waals surface area contributed by atoms with Crippen LogP contribution in [0.1, 0.15) is 200 Å². The molecule has 54 heavy (non-hydrogen) atoms. The Balaban J connectivity index is 2.32. The van der Waals surface area contributed by atoms with Crippen molar-refractivity contribution in [2.45, 2.75) is 249 Å². The summed E-state index contributed by atoms with van der Waals surface area (Å²) in [5, 5.41) is 64.4. The molecule has 1 saturated heterocycles. The van der Waals surface area contributed by atoms with Gasteiger partial charge in [-0.15, -0.1) is 0 Å². The minimum absolute atomic E-state index is 0.302. The third-order valence-electron chi connectivity index (χ3n) is 11.0. The predicted octanol–water partition coefficient (Wildman–Crippen LogP) is 7.92. The lowest BCUT2D eigenvalue weighted by Crippen LogP contribution is -2.60.